The van der Waals surface area contributed by atoms with Gasteiger partial charge in [-0.05, 0) is 12.1 Å². The predicted octanol–water partition coefficient (Wildman–Crippen LogP) is 5.00. The van der Waals surface area contributed by atoms with Gasteiger partial charge in [0.1, 0.15) is 0 Å². The van der Waals surface area contributed by atoms with Crippen LogP contribution in [0, 0.1) is 0 Å². The van der Waals surface area contributed by atoms with E-state index in [2.05, 4.69) is 14.2 Å². The molecule has 0 saturated carbocycles. The van der Waals surface area contributed by atoms with Gasteiger partial charge >= 0.3 is 54.2 Å². The van der Waals surface area contributed by atoms with E-state index in [4.69, 9.17) is 0 Å². The van der Waals surface area contributed by atoms with Crippen LogP contribution in [0.15, 0.2) is 18.2 Å². The van der Waals surface area contributed by atoms with E-state index in [0.717, 1.165) is 0 Å². The lowest BCUT2D eigenvalue weighted by Gasteiger charge is -2.22. The summed E-state index contributed by atoms with van der Waals surface area (Å²) in [6.07, 6.45) is -20.2. The van der Waals surface area contributed by atoms with Gasteiger partial charge in [0, 0.05) is 0 Å². The van der Waals surface area contributed by atoms with Crippen molar-refractivity contribution in [2.24, 2.45) is 0 Å². The number of carbonyl (C=O) groups is 3. The van der Waals surface area contributed by atoms with E-state index in [-0.39, 0.29) is 18.2 Å². The van der Waals surface area contributed by atoms with Crippen molar-refractivity contribution < 1.29 is 94.5 Å². The highest BCUT2D eigenvalue weighted by molar-refractivity contribution is 5.86. The number of alkyl halides is 15. The second-order valence-corrected chi connectivity index (χ2v) is 5.97. The molecule has 0 aliphatic heterocycles. The number of para-hydroxylation sites is 1. The first-order valence-electron chi connectivity index (χ1n) is 7.92. The summed E-state index contributed by atoms with van der Waals surface area (Å²) in [5, 5.41) is 0. The van der Waals surface area contributed by atoms with E-state index in [9.17, 15) is 80.2 Å². The van der Waals surface area contributed by atoms with Crippen LogP contribution in [0.1, 0.15) is 0 Å². The highest BCUT2D eigenvalue weighted by atomic mass is 19.4. The lowest BCUT2D eigenvalue weighted by Crippen LogP contribution is -2.47. The van der Waals surface area contributed by atoms with E-state index in [1.807, 2.05) is 0 Å². The molecule has 21 heteroatoms. The van der Waals surface area contributed by atoms with Crippen molar-refractivity contribution in [1.82, 2.24) is 0 Å². The average molecular weight is 564 g/mol. The summed E-state index contributed by atoms with van der Waals surface area (Å²) in [4.78, 5) is 33.6. The van der Waals surface area contributed by atoms with Gasteiger partial charge < -0.3 is 14.2 Å². The molecule has 6 nitrogen and oxygen atoms in total. The maximum absolute atomic E-state index is 13.1. The summed E-state index contributed by atoms with van der Waals surface area (Å²) in [5.41, 5.74) is 0. The molecule has 0 saturated heterocycles. The van der Waals surface area contributed by atoms with E-state index in [1.54, 1.807) is 0 Å². The van der Waals surface area contributed by atoms with E-state index < -0.39 is 71.5 Å². The molecule has 0 bridgehead atoms. The number of hydrogen-bond donors (Lipinski definition) is 0. The number of carbonyl (C=O) groups excluding carboxylic acids is 3. The molecule has 0 aliphatic rings. The Balaban J connectivity index is 3.63. The Kier molecular flexibility index (Phi) is 7.84. The van der Waals surface area contributed by atoms with Gasteiger partial charge in [-0.1, -0.05) is 6.07 Å². The Morgan fingerprint density at radius 1 is 0.472 bits per heavy atom. The molecule has 0 unspecified atom stereocenters. The van der Waals surface area contributed by atoms with Crippen LogP contribution < -0.4 is 14.2 Å². The molecule has 1 aromatic rings. The molecule has 0 amide bonds. The second kappa shape index (κ2) is 9.22. The SMILES string of the molecule is O=C(Oc1cccc(OC(=O)C(F)(F)C(F)(F)F)c1OC(=O)C(F)(F)C(F)(F)F)C(F)(F)C(F)(F)F. The van der Waals surface area contributed by atoms with E-state index in [0.29, 0.717) is 0 Å². The van der Waals surface area contributed by atoms with Crippen LogP contribution in [0.25, 0.3) is 0 Å². The number of esters is 3. The number of benzene rings is 1. The normalized spacial score (nSPS) is 13.8. The molecule has 0 N–H and O–H groups in total. The zero-order valence-electron chi connectivity index (χ0n) is 15.9. The monoisotopic (exact) mass is 564 g/mol. The Bertz CT molecular complexity index is 963. The van der Waals surface area contributed by atoms with Crippen molar-refractivity contribution >= 4 is 17.9 Å². The highest BCUT2D eigenvalue weighted by Crippen LogP contribution is 2.45. The fourth-order valence-electron chi connectivity index (χ4n) is 1.59. The first-order chi connectivity index (χ1) is 15.8. The van der Waals surface area contributed by atoms with Crippen LogP contribution in [0.3, 0.4) is 0 Å². The van der Waals surface area contributed by atoms with Gasteiger partial charge in [0.2, 0.25) is 5.75 Å². The molecular formula is C15H3F15O6. The maximum Gasteiger partial charge on any atom is 0.465 e. The minimum absolute atomic E-state index is 0.0993. The molecule has 0 atom stereocenters. The molecule has 36 heavy (non-hydrogen) atoms. The summed E-state index contributed by atoms with van der Waals surface area (Å²) in [6.45, 7) is 0. The minimum atomic E-state index is -6.79. The van der Waals surface area contributed by atoms with Crippen LogP contribution in [0.5, 0.6) is 17.2 Å². The second-order valence-electron chi connectivity index (χ2n) is 5.97. The van der Waals surface area contributed by atoms with Crippen molar-refractivity contribution in [1.29, 1.82) is 0 Å². The fourth-order valence-corrected chi connectivity index (χ4v) is 1.59. The average Bonchev–Trinajstić information content (AvgIpc) is 2.67. The molecule has 1 rings (SSSR count). The van der Waals surface area contributed by atoms with Crippen LogP contribution in [0.4, 0.5) is 65.9 Å². The Morgan fingerprint density at radius 2 is 0.722 bits per heavy atom. The maximum atomic E-state index is 13.1. The zero-order chi connectivity index (χ0) is 28.7. The van der Waals surface area contributed by atoms with Crippen molar-refractivity contribution in [3.8, 4) is 17.2 Å². The van der Waals surface area contributed by atoms with Crippen LogP contribution in [-0.4, -0.2) is 54.2 Å². The summed E-state index contributed by atoms with van der Waals surface area (Å²) in [6, 6.07) is -0.0577. The minimum Gasteiger partial charge on any atom is -0.418 e. The molecule has 1 aromatic carbocycles. The van der Waals surface area contributed by atoms with E-state index >= 15 is 0 Å². The van der Waals surface area contributed by atoms with Crippen molar-refractivity contribution in [3.05, 3.63) is 18.2 Å². The third-order valence-electron chi connectivity index (χ3n) is 3.38. The van der Waals surface area contributed by atoms with Gasteiger partial charge in [-0.2, -0.15) is 65.9 Å². The predicted molar refractivity (Wildman–Crippen MR) is 76.4 cm³/mol. The van der Waals surface area contributed by atoms with Crippen LogP contribution >= 0.6 is 0 Å². The summed E-state index contributed by atoms with van der Waals surface area (Å²) >= 11 is 0. The van der Waals surface area contributed by atoms with Gasteiger partial charge in [-0.25, -0.2) is 14.4 Å². The summed E-state index contributed by atoms with van der Waals surface area (Å²) < 4.78 is 199. The molecular weight excluding hydrogens is 561 g/mol. The van der Waals surface area contributed by atoms with Gasteiger partial charge in [0.05, 0.1) is 0 Å². The molecule has 0 spiro atoms. The molecule has 0 aromatic heterocycles. The van der Waals surface area contributed by atoms with Gasteiger partial charge in [-0.3, -0.25) is 0 Å². The van der Waals surface area contributed by atoms with Gasteiger partial charge in [0.25, 0.3) is 0 Å². The van der Waals surface area contributed by atoms with Gasteiger partial charge in [-0.15, -0.1) is 0 Å². The van der Waals surface area contributed by atoms with Crippen LogP contribution in [0.2, 0.25) is 0 Å². The summed E-state index contributed by atoms with van der Waals surface area (Å²) in [5.74, 6) is -37.4. The topological polar surface area (TPSA) is 78.9 Å². The molecule has 0 aliphatic carbocycles. The zero-order valence-corrected chi connectivity index (χ0v) is 15.9. The number of hydrogen-bond acceptors (Lipinski definition) is 6. The van der Waals surface area contributed by atoms with E-state index in [1.165, 1.54) is 0 Å². The lowest BCUT2D eigenvalue weighted by atomic mass is 10.2. The number of ether oxygens (including phenoxy) is 3. The largest absolute Gasteiger partial charge is 0.465 e. The Hall–Kier alpha value is -3.42. The Labute approximate surface area is 185 Å². The summed E-state index contributed by atoms with van der Waals surface area (Å²) in [7, 11) is 0. The smallest absolute Gasteiger partial charge is 0.418 e. The Morgan fingerprint density at radius 3 is 0.972 bits per heavy atom. The van der Waals surface area contributed by atoms with Gasteiger partial charge in [0.15, 0.2) is 11.5 Å². The number of rotatable bonds is 6. The first kappa shape index (κ1) is 30.6. The molecule has 0 radical (unpaired) electrons. The van der Waals surface area contributed by atoms with Crippen molar-refractivity contribution in [3.63, 3.8) is 0 Å². The number of halogens is 15. The molecule has 0 fully saturated rings. The highest BCUT2D eigenvalue weighted by Gasteiger charge is 2.67. The third kappa shape index (κ3) is 5.86. The quantitative estimate of drug-likeness (QED) is 0.275. The standard InChI is InChI=1S/C15H3F15O6/c16-10(17,13(22,23)24)7(31)34-4-2-1-3-5(35-8(32)11(18,19)14(25,26)27)6(4)36-9(33)12(20,21)15(28,29)30/h1-3H. The first-order valence-corrected chi connectivity index (χ1v) is 7.92. The molecule has 204 valence electrons. The van der Waals surface area contributed by atoms with Crippen molar-refractivity contribution in [2.45, 2.75) is 36.3 Å². The fraction of sp³-hybridized carbons (Fsp3) is 0.400. The third-order valence-corrected chi connectivity index (χ3v) is 3.38. The lowest BCUT2D eigenvalue weighted by molar-refractivity contribution is -0.278. The van der Waals surface area contributed by atoms with Crippen LogP contribution in [-0.2, 0) is 14.4 Å². The molecule has 0 heterocycles. The van der Waals surface area contributed by atoms with Crippen molar-refractivity contribution in [2.75, 3.05) is 0 Å².